The van der Waals surface area contributed by atoms with Gasteiger partial charge in [0.2, 0.25) is 10.0 Å². The molecule has 1 aliphatic heterocycles. The van der Waals surface area contributed by atoms with Crippen molar-refractivity contribution in [3.63, 3.8) is 0 Å². The van der Waals surface area contributed by atoms with Gasteiger partial charge in [0.05, 0.1) is 5.02 Å². The van der Waals surface area contributed by atoms with Gasteiger partial charge in [0, 0.05) is 24.3 Å². The number of para-hydroxylation sites is 1. The molecule has 0 radical (unpaired) electrons. The van der Waals surface area contributed by atoms with E-state index in [1.165, 1.54) is 22.5 Å². The summed E-state index contributed by atoms with van der Waals surface area (Å²) in [4.78, 5) is 12.6. The Bertz CT molecular complexity index is 922. The summed E-state index contributed by atoms with van der Waals surface area (Å²) in [5.74, 6) is -0.369. The Morgan fingerprint density at radius 3 is 2.46 bits per heavy atom. The fourth-order valence-corrected chi connectivity index (χ4v) is 5.01. The number of amides is 1. The summed E-state index contributed by atoms with van der Waals surface area (Å²) >= 11 is 6.15. The molecule has 1 fully saturated rings. The van der Waals surface area contributed by atoms with Gasteiger partial charge in [-0.15, -0.1) is 0 Å². The largest absolute Gasteiger partial charge is 0.322 e. The molecule has 0 atom stereocenters. The molecule has 138 valence electrons. The highest BCUT2D eigenvalue weighted by Gasteiger charge is 2.28. The van der Waals surface area contributed by atoms with E-state index in [0.29, 0.717) is 18.8 Å². The minimum atomic E-state index is -3.71. The lowest BCUT2D eigenvalue weighted by Gasteiger charge is -2.26. The molecule has 0 aromatic heterocycles. The third-order valence-corrected chi connectivity index (χ3v) is 6.90. The molecule has 1 aliphatic rings. The average molecular weight is 393 g/mol. The monoisotopic (exact) mass is 392 g/mol. The van der Waals surface area contributed by atoms with Crippen molar-refractivity contribution >= 4 is 33.2 Å². The third-order valence-electron chi connectivity index (χ3n) is 4.52. The van der Waals surface area contributed by atoms with E-state index in [9.17, 15) is 13.2 Å². The van der Waals surface area contributed by atoms with Gasteiger partial charge in [-0.05, 0) is 49.6 Å². The molecule has 0 unspecified atom stereocenters. The summed E-state index contributed by atoms with van der Waals surface area (Å²) < 4.78 is 27.3. The van der Waals surface area contributed by atoms with Crippen molar-refractivity contribution in [1.82, 2.24) is 4.31 Å². The van der Waals surface area contributed by atoms with Crippen molar-refractivity contribution in [2.24, 2.45) is 0 Å². The maximum absolute atomic E-state index is 12.9. The van der Waals surface area contributed by atoms with E-state index in [1.54, 1.807) is 6.07 Å². The molecule has 3 rings (SSSR count). The van der Waals surface area contributed by atoms with Crippen molar-refractivity contribution in [3.8, 4) is 0 Å². The first kappa shape index (κ1) is 18.9. The number of nitrogens with one attached hydrogen (secondary N) is 1. The Morgan fingerprint density at radius 2 is 1.77 bits per heavy atom. The molecule has 1 amide bonds. The number of sulfonamides is 1. The lowest BCUT2D eigenvalue weighted by atomic mass is 10.1. The summed E-state index contributed by atoms with van der Waals surface area (Å²) in [7, 11) is -3.71. The van der Waals surface area contributed by atoms with E-state index < -0.39 is 10.0 Å². The van der Waals surface area contributed by atoms with E-state index in [4.69, 9.17) is 11.6 Å². The van der Waals surface area contributed by atoms with Gasteiger partial charge in [0.25, 0.3) is 5.91 Å². The number of halogens is 1. The van der Waals surface area contributed by atoms with Crippen LogP contribution in [0.3, 0.4) is 0 Å². The Morgan fingerprint density at radius 1 is 1.08 bits per heavy atom. The van der Waals surface area contributed by atoms with Crippen LogP contribution in [-0.4, -0.2) is 31.7 Å². The van der Waals surface area contributed by atoms with Crippen LogP contribution in [0.25, 0.3) is 0 Å². The minimum Gasteiger partial charge on any atom is -0.322 e. The molecule has 1 heterocycles. The quantitative estimate of drug-likeness (QED) is 0.852. The second kappa shape index (κ2) is 7.78. The molecule has 0 aliphatic carbocycles. The zero-order valence-electron chi connectivity index (χ0n) is 14.5. The van der Waals surface area contributed by atoms with Gasteiger partial charge in [0.1, 0.15) is 4.90 Å². The number of benzene rings is 2. The molecule has 5 nitrogen and oxygen atoms in total. The van der Waals surface area contributed by atoms with Crippen LogP contribution in [0.1, 0.15) is 35.2 Å². The summed E-state index contributed by atoms with van der Waals surface area (Å²) in [6.07, 6.45) is 2.70. The molecule has 2 aromatic carbocycles. The Hall–Kier alpha value is -1.89. The third kappa shape index (κ3) is 3.92. The summed E-state index contributed by atoms with van der Waals surface area (Å²) in [5.41, 5.74) is 1.87. The highest BCUT2D eigenvalue weighted by Crippen LogP contribution is 2.28. The second-order valence-electron chi connectivity index (χ2n) is 6.38. The highest BCUT2D eigenvalue weighted by molar-refractivity contribution is 7.89. The second-order valence-corrected chi connectivity index (χ2v) is 8.69. The average Bonchev–Trinajstić information content (AvgIpc) is 2.64. The van der Waals surface area contributed by atoms with Crippen LogP contribution in [0.4, 0.5) is 5.69 Å². The number of anilines is 1. The first-order valence-corrected chi connectivity index (χ1v) is 10.4. The molecule has 7 heteroatoms. The van der Waals surface area contributed by atoms with Gasteiger partial charge in [0.15, 0.2) is 0 Å². The van der Waals surface area contributed by atoms with E-state index >= 15 is 0 Å². The topological polar surface area (TPSA) is 66.5 Å². The number of aryl methyl sites for hydroxylation is 1. The first-order chi connectivity index (χ1) is 12.4. The van der Waals surface area contributed by atoms with Crippen LogP contribution >= 0.6 is 11.6 Å². The molecule has 26 heavy (non-hydrogen) atoms. The fraction of sp³-hybridized carbons (Fsp3) is 0.316. The van der Waals surface area contributed by atoms with Crippen LogP contribution in [0.2, 0.25) is 5.02 Å². The zero-order chi connectivity index (χ0) is 18.7. The van der Waals surface area contributed by atoms with E-state index in [2.05, 4.69) is 5.32 Å². The SMILES string of the molecule is Cc1ccccc1NC(=O)c1ccc(Cl)c(S(=O)(=O)N2CCCCC2)c1. The summed E-state index contributed by atoms with van der Waals surface area (Å²) in [6, 6.07) is 11.8. The minimum absolute atomic E-state index is 0.0153. The normalized spacial score (nSPS) is 15.6. The molecule has 1 saturated heterocycles. The predicted molar refractivity (Wildman–Crippen MR) is 103 cm³/mol. The number of hydrogen-bond donors (Lipinski definition) is 1. The maximum atomic E-state index is 12.9. The van der Waals surface area contributed by atoms with Gasteiger partial charge >= 0.3 is 0 Å². The number of carbonyl (C=O) groups is 1. The van der Waals surface area contributed by atoms with Crippen LogP contribution in [0.5, 0.6) is 0 Å². The first-order valence-electron chi connectivity index (χ1n) is 8.56. The Balaban J connectivity index is 1.90. The van der Waals surface area contributed by atoms with Gasteiger partial charge in [-0.1, -0.05) is 36.2 Å². The molecule has 0 spiro atoms. The number of carbonyl (C=O) groups excluding carboxylic acids is 1. The molecular weight excluding hydrogens is 372 g/mol. The molecular formula is C19H21ClN2O3S. The fourth-order valence-electron chi connectivity index (χ4n) is 2.99. The zero-order valence-corrected chi connectivity index (χ0v) is 16.1. The van der Waals surface area contributed by atoms with Gasteiger partial charge in [-0.3, -0.25) is 4.79 Å². The van der Waals surface area contributed by atoms with Crippen molar-refractivity contribution in [2.75, 3.05) is 18.4 Å². The predicted octanol–water partition coefficient (Wildman–Crippen LogP) is 4.08. The molecule has 2 aromatic rings. The molecule has 1 N–H and O–H groups in total. The van der Waals surface area contributed by atoms with Crippen molar-refractivity contribution in [2.45, 2.75) is 31.1 Å². The lowest BCUT2D eigenvalue weighted by Crippen LogP contribution is -2.35. The Labute approximate surface area is 159 Å². The van der Waals surface area contributed by atoms with E-state index in [-0.39, 0.29) is 21.4 Å². The standard InChI is InChI=1S/C19H21ClN2O3S/c1-14-7-3-4-8-17(14)21-19(23)15-9-10-16(20)18(13-15)26(24,25)22-11-5-2-6-12-22/h3-4,7-10,13H,2,5-6,11-12H2,1H3,(H,21,23). The van der Waals surface area contributed by atoms with Gasteiger partial charge in [-0.2, -0.15) is 4.31 Å². The smallest absolute Gasteiger partial charge is 0.255 e. The van der Waals surface area contributed by atoms with Crippen LogP contribution < -0.4 is 5.32 Å². The van der Waals surface area contributed by atoms with Crippen LogP contribution in [-0.2, 0) is 10.0 Å². The van der Waals surface area contributed by atoms with Crippen LogP contribution in [0, 0.1) is 6.92 Å². The summed E-state index contributed by atoms with van der Waals surface area (Å²) in [6.45, 7) is 2.86. The highest BCUT2D eigenvalue weighted by atomic mass is 35.5. The summed E-state index contributed by atoms with van der Waals surface area (Å²) in [5, 5.41) is 2.94. The number of piperidine rings is 1. The van der Waals surface area contributed by atoms with Gasteiger partial charge in [-0.25, -0.2) is 8.42 Å². The van der Waals surface area contributed by atoms with Crippen LogP contribution in [0.15, 0.2) is 47.4 Å². The lowest BCUT2D eigenvalue weighted by molar-refractivity contribution is 0.102. The number of rotatable bonds is 4. The molecule has 0 bridgehead atoms. The van der Waals surface area contributed by atoms with E-state index in [1.807, 2.05) is 25.1 Å². The van der Waals surface area contributed by atoms with Crippen molar-refractivity contribution in [3.05, 3.63) is 58.6 Å². The molecule has 0 saturated carbocycles. The Kier molecular flexibility index (Phi) is 5.65. The number of nitrogens with zero attached hydrogens (tertiary/aromatic N) is 1. The van der Waals surface area contributed by atoms with Crippen molar-refractivity contribution < 1.29 is 13.2 Å². The van der Waals surface area contributed by atoms with Gasteiger partial charge < -0.3 is 5.32 Å². The number of hydrogen-bond acceptors (Lipinski definition) is 3. The van der Waals surface area contributed by atoms with E-state index in [0.717, 1.165) is 24.8 Å². The van der Waals surface area contributed by atoms with Crippen molar-refractivity contribution in [1.29, 1.82) is 0 Å². The maximum Gasteiger partial charge on any atom is 0.255 e.